The predicted octanol–water partition coefficient (Wildman–Crippen LogP) is 5.75. The fourth-order valence-electron chi connectivity index (χ4n) is 4.22. The summed E-state index contributed by atoms with van der Waals surface area (Å²) in [6, 6.07) is 10.9. The van der Waals surface area contributed by atoms with Crippen molar-refractivity contribution >= 4 is 45.9 Å². The molecule has 188 valence electrons. The number of nitrogens with zero attached hydrogens (tertiary/aromatic N) is 2. The third-order valence-electron chi connectivity index (χ3n) is 5.98. The maximum absolute atomic E-state index is 13.3. The van der Waals surface area contributed by atoms with Gasteiger partial charge in [-0.05, 0) is 60.4 Å². The number of rotatable bonds is 9. The lowest BCUT2D eigenvalue weighted by molar-refractivity contribution is 0.0696. The zero-order valence-corrected chi connectivity index (χ0v) is 22.0. The van der Waals surface area contributed by atoms with Crippen LogP contribution in [0.5, 0.6) is 0 Å². The van der Waals surface area contributed by atoms with Gasteiger partial charge in [0.15, 0.2) is 0 Å². The highest BCUT2D eigenvalue weighted by atomic mass is 32.2. The Morgan fingerprint density at radius 3 is 2.61 bits per heavy atom. The quantitative estimate of drug-likeness (QED) is 0.347. The van der Waals surface area contributed by atoms with Crippen molar-refractivity contribution in [1.82, 2.24) is 9.88 Å². The summed E-state index contributed by atoms with van der Waals surface area (Å²) in [5.74, 6) is -0.666. The molecule has 3 heterocycles. The molecule has 0 saturated heterocycles. The number of aromatic nitrogens is 1. The SMILES string of the molecule is CCCSc1ncccc1C(=O)N1CCc2c(sc(NC(=O)c3ccc(CCC)cc3)c2C(=O)O)C1. The van der Waals surface area contributed by atoms with Crippen molar-refractivity contribution in [3.05, 3.63) is 75.3 Å². The third-order valence-corrected chi connectivity index (χ3v) is 8.33. The fraction of sp³-hybridized carbons (Fsp3) is 0.333. The van der Waals surface area contributed by atoms with Crippen LogP contribution in [0.2, 0.25) is 0 Å². The van der Waals surface area contributed by atoms with Gasteiger partial charge in [0.25, 0.3) is 11.8 Å². The number of thioether (sulfide) groups is 1. The molecule has 1 aliphatic heterocycles. The van der Waals surface area contributed by atoms with E-state index in [4.69, 9.17) is 0 Å². The predicted molar refractivity (Wildman–Crippen MR) is 143 cm³/mol. The normalized spacial score (nSPS) is 12.8. The number of anilines is 1. The summed E-state index contributed by atoms with van der Waals surface area (Å²) >= 11 is 2.79. The number of aryl methyl sites for hydroxylation is 1. The highest BCUT2D eigenvalue weighted by molar-refractivity contribution is 7.99. The second kappa shape index (κ2) is 11.7. The molecule has 4 rings (SSSR count). The second-order valence-electron chi connectivity index (χ2n) is 8.60. The molecule has 7 nitrogen and oxygen atoms in total. The molecule has 2 N–H and O–H groups in total. The average Bonchev–Trinajstić information content (AvgIpc) is 3.25. The standard InChI is InChI=1S/C27H29N3O4S2/c1-3-6-17-8-10-18(11-9-17)23(31)29-25-22(27(33)34)19-12-14-30(16-21(19)36-25)26(32)20-7-5-13-28-24(20)35-15-4-2/h5,7-11,13H,3-4,6,12,14-16H2,1-2H3,(H,29,31)(H,33,34). The lowest BCUT2D eigenvalue weighted by atomic mass is 10.0. The van der Waals surface area contributed by atoms with E-state index in [0.29, 0.717) is 46.2 Å². The van der Waals surface area contributed by atoms with Gasteiger partial charge in [-0.2, -0.15) is 0 Å². The molecule has 0 spiro atoms. The van der Waals surface area contributed by atoms with Crippen LogP contribution in [0.4, 0.5) is 5.00 Å². The van der Waals surface area contributed by atoms with E-state index in [2.05, 4.69) is 24.1 Å². The van der Waals surface area contributed by atoms with Crippen molar-refractivity contribution in [2.24, 2.45) is 0 Å². The smallest absolute Gasteiger partial charge is 0.339 e. The number of hydrogen-bond acceptors (Lipinski definition) is 6. The van der Waals surface area contributed by atoms with Crippen LogP contribution in [0.1, 0.15) is 73.8 Å². The van der Waals surface area contributed by atoms with Gasteiger partial charge in [0.1, 0.15) is 10.0 Å². The minimum atomic E-state index is -1.08. The zero-order chi connectivity index (χ0) is 25.7. The number of thiophene rings is 1. The number of nitrogens with one attached hydrogen (secondary N) is 1. The minimum absolute atomic E-state index is 0.115. The fourth-order valence-corrected chi connectivity index (χ4v) is 6.31. The lowest BCUT2D eigenvalue weighted by Gasteiger charge is -2.27. The minimum Gasteiger partial charge on any atom is -0.478 e. The van der Waals surface area contributed by atoms with E-state index in [0.717, 1.165) is 35.5 Å². The van der Waals surface area contributed by atoms with Gasteiger partial charge in [0.05, 0.1) is 17.7 Å². The molecule has 2 amide bonds. The highest BCUT2D eigenvalue weighted by Crippen LogP contribution is 2.38. The van der Waals surface area contributed by atoms with E-state index < -0.39 is 5.97 Å². The molecule has 1 aliphatic rings. The Bertz CT molecular complexity index is 1270. The van der Waals surface area contributed by atoms with E-state index in [1.54, 1.807) is 47.1 Å². The number of carbonyl (C=O) groups excluding carboxylic acids is 2. The van der Waals surface area contributed by atoms with Gasteiger partial charge < -0.3 is 15.3 Å². The molecule has 2 aromatic heterocycles. The number of aromatic carboxylic acids is 1. The summed E-state index contributed by atoms with van der Waals surface area (Å²) < 4.78 is 0. The number of pyridine rings is 1. The van der Waals surface area contributed by atoms with E-state index in [9.17, 15) is 19.5 Å². The Kier molecular flexibility index (Phi) is 8.43. The van der Waals surface area contributed by atoms with Gasteiger partial charge in [0, 0.05) is 23.2 Å². The molecule has 0 radical (unpaired) electrons. The van der Waals surface area contributed by atoms with Crippen molar-refractivity contribution in [2.75, 3.05) is 17.6 Å². The van der Waals surface area contributed by atoms with Crippen LogP contribution in [-0.2, 0) is 19.4 Å². The first-order valence-electron chi connectivity index (χ1n) is 12.1. The van der Waals surface area contributed by atoms with Gasteiger partial charge in [0.2, 0.25) is 0 Å². The average molecular weight is 524 g/mol. The van der Waals surface area contributed by atoms with E-state index >= 15 is 0 Å². The number of carboxylic acids is 1. The maximum Gasteiger partial charge on any atom is 0.339 e. The molecule has 1 aromatic carbocycles. The van der Waals surface area contributed by atoms with Crippen LogP contribution in [0.15, 0.2) is 47.6 Å². The molecule has 0 saturated carbocycles. The zero-order valence-electron chi connectivity index (χ0n) is 20.4. The van der Waals surface area contributed by atoms with Crippen molar-refractivity contribution in [3.8, 4) is 0 Å². The van der Waals surface area contributed by atoms with E-state index in [1.807, 2.05) is 12.1 Å². The Labute approximate surface area is 218 Å². The van der Waals surface area contributed by atoms with Gasteiger partial charge in [-0.3, -0.25) is 9.59 Å². The number of amides is 2. The topological polar surface area (TPSA) is 99.6 Å². The van der Waals surface area contributed by atoms with Crippen LogP contribution in [0.3, 0.4) is 0 Å². The molecule has 0 fully saturated rings. The summed E-state index contributed by atoms with van der Waals surface area (Å²) in [6.45, 7) is 4.88. The maximum atomic E-state index is 13.3. The molecule has 0 bridgehead atoms. The number of hydrogen-bond donors (Lipinski definition) is 2. The Balaban J connectivity index is 1.55. The molecule has 0 unspecified atom stereocenters. The first-order valence-corrected chi connectivity index (χ1v) is 13.9. The van der Waals surface area contributed by atoms with Gasteiger partial charge in [-0.15, -0.1) is 23.1 Å². The number of fused-ring (bicyclic) bond motifs is 1. The van der Waals surface area contributed by atoms with Crippen LogP contribution in [0.25, 0.3) is 0 Å². The van der Waals surface area contributed by atoms with Crippen LogP contribution in [-0.4, -0.2) is 45.1 Å². The first kappa shape index (κ1) is 25.9. The van der Waals surface area contributed by atoms with Crippen molar-refractivity contribution in [1.29, 1.82) is 0 Å². The molecule has 0 atom stereocenters. The van der Waals surface area contributed by atoms with E-state index in [-0.39, 0.29) is 17.4 Å². The lowest BCUT2D eigenvalue weighted by Crippen LogP contribution is -2.36. The van der Waals surface area contributed by atoms with E-state index in [1.165, 1.54) is 11.3 Å². The van der Waals surface area contributed by atoms with Gasteiger partial charge in [-0.1, -0.05) is 32.4 Å². The molecule has 3 aromatic rings. The van der Waals surface area contributed by atoms with Crippen molar-refractivity contribution < 1.29 is 19.5 Å². The summed E-state index contributed by atoms with van der Waals surface area (Å²) in [4.78, 5) is 45.3. The Morgan fingerprint density at radius 1 is 1.14 bits per heavy atom. The Hall–Kier alpha value is -3.17. The van der Waals surface area contributed by atoms with Crippen molar-refractivity contribution in [2.45, 2.75) is 51.1 Å². The van der Waals surface area contributed by atoms with Gasteiger partial charge >= 0.3 is 5.97 Å². The largest absolute Gasteiger partial charge is 0.478 e. The van der Waals surface area contributed by atoms with Crippen LogP contribution < -0.4 is 5.32 Å². The second-order valence-corrected chi connectivity index (χ2v) is 10.8. The summed E-state index contributed by atoms with van der Waals surface area (Å²) in [6.07, 6.45) is 5.04. The molecule has 36 heavy (non-hydrogen) atoms. The highest BCUT2D eigenvalue weighted by Gasteiger charge is 2.31. The number of benzene rings is 1. The van der Waals surface area contributed by atoms with Gasteiger partial charge in [-0.25, -0.2) is 9.78 Å². The molecular formula is C27H29N3O4S2. The molecule has 9 heteroatoms. The third kappa shape index (κ3) is 5.63. The number of carbonyl (C=O) groups is 3. The monoisotopic (exact) mass is 523 g/mol. The van der Waals surface area contributed by atoms with Crippen molar-refractivity contribution in [3.63, 3.8) is 0 Å². The van der Waals surface area contributed by atoms with Crippen LogP contribution in [0, 0.1) is 0 Å². The van der Waals surface area contributed by atoms with Crippen LogP contribution >= 0.6 is 23.1 Å². The summed E-state index contributed by atoms with van der Waals surface area (Å²) in [5.41, 5.74) is 3.01. The Morgan fingerprint density at radius 2 is 1.92 bits per heavy atom. The molecular weight excluding hydrogens is 494 g/mol. The molecule has 0 aliphatic carbocycles. The summed E-state index contributed by atoms with van der Waals surface area (Å²) in [5, 5.41) is 13.8. The summed E-state index contributed by atoms with van der Waals surface area (Å²) in [7, 11) is 0. The number of carboxylic acid groups (broad SMARTS) is 1. The first-order chi connectivity index (χ1) is 17.4.